The summed E-state index contributed by atoms with van der Waals surface area (Å²) in [5.41, 5.74) is 5.67. The van der Waals surface area contributed by atoms with Crippen LogP contribution in [0.1, 0.15) is 12.8 Å². The lowest BCUT2D eigenvalue weighted by Crippen LogP contribution is -2.29. The fraction of sp³-hybridized carbons (Fsp3) is 0.455. The van der Waals surface area contributed by atoms with Crippen molar-refractivity contribution in [1.29, 1.82) is 0 Å². The maximum absolute atomic E-state index is 13.1. The minimum absolute atomic E-state index is 0.0778. The zero-order chi connectivity index (χ0) is 12.6. The largest absolute Gasteiger partial charge is 0.398 e. The van der Waals surface area contributed by atoms with Crippen LogP contribution in [0.3, 0.4) is 0 Å². The van der Waals surface area contributed by atoms with Crippen LogP contribution in [0.15, 0.2) is 23.1 Å². The summed E-state index contributed by atoms with van der Waals surface area (Å²) >= 11 is 0. The van der Waals surface area contributed by atoms with Gasteiger partial charge in [0.25, 0.3) is 0 Å². The molecule has 6 heteroatoms. The first-order valence-corrected chi connectivity index (χ1v) is 6.86. The summed E-state index contributed by atoms with van der Waals surface area (Å²) in [7, 11) is -2.18. The maximum Gasteiger partial charge on any atom is 0.244 e. The number of nitrogen functional groups attached to an aromatic ring is 1. The van der Waals surface area contributed by atoms with E-state index in [1.807, 2.05) is 0 Å². The van der Waals surface area contributed by atoms with E-state index in [9.17, 15) is 12.8 Å². The number of halogens is 1. The highest BCUT2D eigenvalue weighted by atomic mass is 32.2. The Morgan fingerprint density at radius 1 is 1.47 bits per heavy atom. The van der Waals surface area contributed by atoms with E-state index in [1.165, 1.54) is 17.4 Å². The standard InChI is InChI=1S/C11H15FN2O2S/c1-14(7-8-2-3-8)17(15,16)11-6-9(12)4-5-10(11)13/h4-6,8H,2-3,7,13H2,1H3. The molecule has 17 heavy (non-hydrogen) atoms. The van der Waals surface area contributed by atoms with Crippen molar-refractivity contribution in [2.75, 3.05) is 19.3 Å². The van der Waals surface area contributed by atoms with Crippen molar-refractivity contribution in [2.45, 2.75) is 17.7 Å². The zero-order valence-electron chi connectivity index (χ0n) is 9.56. The highest BCUT2D eigenvalue weighted by Gasteiger charge is 2.30. The van der Waals surface area contributed by atoms with E-state index in [4.69, 9.17) is 5.73 Å². The van der Waals surface area contributed by atoms with Gasteiger partial charge in [-0.15, -0.1) is 0 Å². The van der Waals surface area contributed by atoms with Gasteiger partial charge in [0.05, 0.1) is 5.69 Å². The van der Waals surface area contributed by atoms with E-state index in [0.29, 0.717) is 12.5 Å². The Hall–Kier alpha value is -1.14. The van der Waals surface area contributed by atoms with Crippen molar-refractivity contribution in [3.8, 4) is 0 Å². The molecule has 1 saturated carbocycles. The maximum atomic E-state index is 13.1. The van der Waals surface area contributed by atoms with Gasteiger partial charge in [-0.2, -0.15) is 0 Å². The molecular formula is C11H15FN2O2S. The molecule has 1 aliphatic carbocycles. The number of hydrogen-bond acceptors (Lipinski definition) is 3. The second-order valence-corrected chi connectivity index (χ2v) is 6.42. The first kappa shape index (κ1) is 12.3. The molecule has 1 aromatic carbocycles. The van der Waals surface area contributed by atoms with Crippen molar-refractivity contribution in [1.82, 2.24) is 4.31 Å². The number of hydrogen-bond donors (Lipinski definition) is 1. The Kier molecular flexibility index (Phi) is 3.09. The lowest BCUT2D eigenvalue weighted by atomic mass is 10.3. The summed E-state index contributed by atoms with van der Waals surface area (Å²) in [6.45, 7) is 0.471. The van der Waals surface area contributed by atoms with Gasteiger partial charge < -0.3 is 5.73 Å². The van der Waals surface area contributed by atoms with E-state index >= 15 is 0 Å². The molecule has 0 spiro atoms. The van der Waals surface area contributed by atoms with E-state index in [-0.39, 0.29) is 10.6 Å². The number of anilines is 1. The molecule has 0 saturated heterocycles. The van der Waals surface area contributed by atoms with Crippen LogP contribution >= 0.6 is 0 Å². The molecule has 0 aromatic heterocycles. The second kappa shape index (κ2) is 4.27. The molecule has 1 fully saturated rings. The zero-order valence-corrected chi connectivity index (χ0v) is 10.4. The average Bonchev–Trinajstić information content (AvgIpc) is 3.05. The molecule has 94 valence electrons. The van der Waals surface area contributed by atoms with Gasteiger partial charge in [0, 0.05) is 13.6 Å². The number of nitrogens with two attached hydrogens (primary N) is 1. The Morgan fingerprint density at radius 2 is 2.12 bits per heavy atom. The van der Waals surface area contributed by atoms with Crippen molar-refractivity contribution in [2.24, 2.45) is 5.92 Å². The fourth-order valence-corrected chi connectivity index (χ4v) is 3.03. The molecule has 0 radical (unpaired) electrons. The number of benzene rings is 1. The molecule has 0 bridgehead atoms. The predicted octanol–water partition coefficient (Wildman–Crippen LogP) is 1.44. The summed E-state index contributed by atoms with van der Waals surface area (Å²) in [5, 5.41) is 0. The van der Waals surface area contributed by atoms with Crippen LogP contribution in [-0.2, 0) is 10.0 Å². The third-order valence-electron chi connectivity index (χ3n) is 2.88. The summed E-state index contributed by atoms with van der Waals surface area (Å²) in [6.07, 6.45) is 2.11. The van der Waals surface area contributed by atoms with Crippen LogP contribution in [-0.4, -0.2) is 26.3 Å². The summed E-state index contributed by atoms with van der Waals surface area (Å²) in [4.78, 5) is -0.152. The number of nitrogens with zero attached hydrogens (tertiary/aromatic N) is 1. The van der Waals surface area contributed by atoms with E-state index in [0.717, 1.165) is 25.0 Å². The molecule has 0 heterocycles. The van der Waals surface area contributed by atoms with Crippen LogP contribution < -0.4 is 5.73 Å². The van der Waals surface area contributed by atoms with Crippen molar-refractivity contribution in [3.05, 3.63) is 24.0 Å². The van der Waals surface area contributed by atoms with Gasteiger partial charge in [-0.3, -0.25) is 0 Å². The summed E-state index contributed by atoms with van der Waals surface area (Å²) < 4.78 is 38.6. The Morgan fingerprint density at radius 3 is 2.71 bits per heavy atom. The smallest absolute Gasteiger partial charge is 0.244 e. The van der Waals surface area contributed by atoms with Crippen LogP contribution in [0.2, 0.25) is 0 Å². The molecule has 1 aromatic rings. The number of sulfonamides is 1. The third kappa shape index (κ3) is 2.58. The molecule has 0 unspecified atom stereocenters. The van der Waals surface area contributed by atoms with Gasteiger partial charge in [-0.05, 0) is 37.0 Å². The molecule has 0 amide bonds. The second-order valence-electron chi connectivity index (χ2n) is 4.41. The van der Waals surface area contributed by atoms with E-state index in [1.54, 1.807) is 0 Å². The third-order valence-corrected chi connectivity index (χ3v) is 4.76. The molecular weight excluding hydrogens is 243 g/mol. The minimum Gasteiger partial charge on any atom is -0.398 e. The van der Waals surface area contributed by atoms with Crippen molar-refractivity contribution < 1.29 is 12.8 Å². The number of rotatable bonds is 4. The van der Waals surface area contributed by atoms with Crippen molar-refractivity contribution in [3.63, 3.8) is 0 Å². The van der Waals surface area contributed by atoms with E-state index in [2.05, 4.69) is 0 Å². The van der Waals surface area contributed by atoms with Gasteiger partial charge in [0.2, 0.25) is 10.0 Å². The van der Waals surface area contributed by atoms with Gasteiger partial charge in [0.15, 0.2) is 0 Å². The predicted molar refractivity (Wildman–Crippen MR) is 63.4 cm³/mol. The lowest BCUT2D eigenvalue weighted by Gasteiger charge is -2.17. The molecule has 0 aliphatic heterocycles. The fourth-order valence-electron chi connectivity index (χ4n) is 1.66. The lowest BCUT2D eigenvalue weighted by molar-refractivity contribution is 0.452. The van der Waals surface area contributed by atoms with Crippen LogP contribution in [0.25, 0.3) is 0 Å². The highest BCUT2D eigenvalue weighted by Crippen LogP contribution is 2.31. The normalized spacial score (nSPS) is 16.4. The van der Waals surface area contributed by atoms with Gasteiger partial charge in [-0.25, -0.2) is 17.1 Å². The van der Waals surface area contributed by atoms with Crippen LogP contribution in [0.5, 0.6) is 0 Å². The average molecular weight is 258 g/mol. The topological polar surface area (TPSA) is 63.4 Å². The van der Waals surface area contributed by atoms with Crippen LogP contribution in [0.4, 0.5) is 10.1 Å². The molecule has 2 N–H and O–H groups in total. The first-order valence-electron chi connectivity index (χ1n) is 5.42. The summed E-state index contributed by atoms with van der Waals surface area (Å²) in [6, 6.07) is 3.39. The van der Waals surface area contributed by atoms with Crippen LogP contribution in [0, 0.1) is 11.7 Å². The first-order chi connectivity index (χ1) is 7.91. The molecule has 2 rings (SSSR count). The minimum atomic E-state index is -3.68. The van der Waals surface area contributed by atoms with Crippen molar-refractivity contribution >= 4 is 15.7 Å². The Labute approximate surface area is 100 Å². The highest BCUT2D eigenvalue weighted by molar-refractivity contribution is 7.89. The van der Waals surface area contributed by atoms with Gasteiger partial charge >= 0.3 is 0 Å². The monoisotopic (exact) mass is 258 g/mol. The Bertz CT molecular complexity index is 526. The van der Waals surface area contributed by atoms with Gasteiger partial charge in [-0.1, -0.05) is 0 Å². The SMILES string of the molecule is CN(CC1CC1)S(=O)(=O)c1cc(F)ccc1N. The quantitative estimate of drug-likeness (QED) is 0.831. The summed E-state index contributed by atoms with van der Waals surface area (Å²) in [5.74, 6) is -0.165. The molecule has 4 nitrogen and oxygen atoms in total. The van der Waals surface area contributed by atoms with Gasteiger partial charge in [0.1, 0.15) is 10.7 Å². The molecule has 1 aliphatic rings. The van der Waals surface area contributed by atoms with E-state index < -0.39 is 15.8 Å². The Balaban J connectivity index is 2.32. The molecule has 0 atom stereocenters.